The Bertz CT molecular complexity index is 1110. The number of nitrogens with one attached hydrogen (secondary N) is 1. The van der Waals surface area contributed by atoms with Gasteiger partial charge in [0.15, 0.2) is 12.2 Å². The highest BCUT2D eigenvalue weighted by Gasteiger charge is 2.19. The molecule has 28 heavy (non-hydrogen) atoms. The number of carbonyl (C=O) groups is 2. The fraction of sp³-hybridized carbons (Fsp3) is 0.0476. The lowest BCUT2D eigenvalue weighted by atomic mass is 10.1. The van der Waals surface area contributed by atoms with Crippen LogP contribution in [0, 0.1) is 0 Å². The molecule has 4 rings (SSSR count). The van der Waals surface area contributed by atoms with Crippen LogP contribution in [0.4, 0.5) is 5.69 Å². The highest BCUT2D eigenvalue weighted by Crippen LogP contribution is 2.27. The van der Waals surface area contributed by atoms with Crippen molar-refractivity contribution in [3.63, 3.8) is 0 Å². The van der Waals surface area contributed by atoms with Crippen molar-refractivity contribution in [1.82, 2.24) is 9.97 Å². The van der Waals surface area contributed by atoms with Crippen LogP contribution in [0.2, 0.25) is 0 Å². The van der Waals surface area contributed by atoms with E-state index in [4.69, 9.17) is 9.15 Å². The summed E-state index contributed by atoms with van der Waals surface area (Å²) < 4.78 is 10.9. The first-order valence-electron chi connectivity index (χ1n) is 8.53. The fourth-order valence-corrected chi connectivity index (χ4v) is 2.68. The Kier molecular flexibility index (Phi) is 4.79. The molecule has 7 heteroatoms. The number of anilines is 1. The second-order valence-corrected chi connectivity index (χ2v) is 5.89. The smallest absolute Gasteiger partial charge is 0.339 e. The molecule has 0 saturated carbocycles. The maximum Gasteiger partial charge on any atom is 0.339 e. The summed E-state index contributed by atoms with van der Waals surface area (Å²) in [5.41, 5.74) is 2.65. The highest BCUT2D eigenvalue weighted by molar-refractivity contribution is 5.99. The number of benzene rings is 2. The lowest BCUT2D eigenvalue weighted by Crippen LogP contribution is -2.21. The van der Waals surface area contributed by atoms with Crippen LogP contribution in [0.15, 0.2) is 77.5 Å². The SMILES string of the molecule is O=C(COC(=O)c1ccccc1-c1nc2ccccc2o1)Nc1ccncc1. The summed E-state index contributed by atoms with van der Waals surface area (Å²) in [6.45, 7) is -0.414. The first-order valence-corrected chi connectivity index (χ1v) is 8.53. The van der Waals surface area contributed by atoms with Crippen molar-refractivity contribution in [3.05, 3.63) is 78.6 Å². The van der Waals surface area contributed by atoms with E-state index < -0.39 is 18.5 Å². The second-order valence-electron chi connectivity index (χ2n) is 5.89. The Labute approximate surface area is 160 Å². The van der Waals surface area contributed by atoms with Crippen molar-refractivity contribution < 1.29 is 18.7 Å². The predicted octanol–water partition coefficient (Wildman–Crippen LogP) is 3.69. The molecule has 4 aromatic rings. The van der Waals surface area contributed by atoms with Crippen LogP contribution in [0.25, 0.3) is 22.6 Å². The van der Waals surface area contributed by atoms with Gasteiger partial charge in [-0.1, -0.05) is 24.3 Å². The minimum absolute atomic E-state index is 0.269. The van der Waals surface area contributed by atoms with Crippen molar-refractivity contribution in [2.24, 2.45) is 0 Å². The number of para-hydroxylation sites is 2. The summed E-state index contributed by atoms with van der Waals surface area (Å²) in [4.78, 5) is 32.8. The Morgan fingerprint density at radius 3 is 2.54 bits per heavy atom. The summed E-state index contributed by atoms with van der Waals surface area (Å²) in [5, 5.41) is 2.63. The molecule has 2 aromatic carbocycles. The molecular formula is C21H15N3O4. The van der Waals surface area contributed by atoms with Gasteiger partial charge in [0.2, 0.25) is 5.89 Å². The molecule has 138 valence electrons. The number of esters is 1. The van der Waals surface area contributed by atoms with Gasteiger partial charge in [0.05, 0.1) is 11.1 Å². The van der Waals surface area contributed by atoms with Gasteiger partial charge in [-0.15, -0.1) is 0 Å². The van der Waals surface area contributed by atoms with Crippen molar-refractivity contribution in [2.45, 2.75) is 0 Å². The molecule has 2 heterocycles. The summed E-state index contributed by atoms with van der Waals surface area (Å²) in [5.74, 6) is -0.767. The number of amides is 1. The number of fused-ring (bicyclic) bond motifs is 1. The van der Waals surface area contributed by atoms with E-state index in [0.717, 1.165) is 0 Å². The lowest BCUT2D eigenvalue weighted by molar-refractivity contribution is -0.119. The van der Waals surface area contributed by atoms with Crippen molar-refractivity contribution in [1.29, 1.82) is 0 Å². The number of ether oxygens (including phenoxy) is 1. The van der Waals surface area contributed by atoms with Gasteiger partial charge >= 0.3 is 5.97 Å². The zero-order chi connectivity index (χ0) is 19.3. The number of hydrogen-bond donors (Lipinski definition) is 1. The summed E-state index contributed by atoms with van der Waals surface area (Å²) in [6, 6.07) is 17.4. The number of oxazole rings is 1. The van der Waals surface area contributed by atoms with Crippen LogP contribution in [0.1, 0.15) is 10.4 Å². The van der Waals surface area contributed by atoms with Crippen LogP contribution in [-0.4, -0.2) is 28.5 Å². The molecular weight excluding hydrogens is 358 g/mol. The molecule has 0 aliphatic rings. The molecule has 0 atom stereocenters. The van der Waals surface area contributed by atoms with E-state index in [0.29, 0.717) is 28.2 Å². The van der Waals surface area contributed by atoms with E-state index in [-0.39, 0.29) is 5.56 Å². The van der Waals surface area contributed by atoms with Crippen LogP contribution in [0.5, 0.6) is 0 Å². The van der Waals surface area contributed by atoms with E-state index in [9.17, 15) is 9.59 Å². The van der Waals surface area contributed by atoms with Crippen LogP contribution in [-0.2, 0) is 9.53 Å². The maximum atomic E-state index is 12.5. The van der Waals surface area contributed by atoms with Gasteiger partial charge in [0, 0.05) is 18.1 Å². The molecule has 0 fully saturated rings. The average molecular weight is 373 g/mol. The quantitative estimate of drug-likeness (QED) is 0.536. The molecule has 0 aliphatic carbocycles. The van der Waals surface area contributed by atoms with Crippen LogP contribution < -0.4 is 5.32 Å². The zero-order valence-corrected chi connectivity index (χ0v) is 14.7. The minimum atomic E-state index is -0.636. The van der Waals surface area contributed by atoms with Crippen molar-refractivity contribution in [3.8, 4) is 11.5 Å². The summed E-state index contributed by atoms with van der Waals surface area (Å²) in [6.07, 6.45) is 3.11. The molecule has 0 spiro atoms. The highest BCUT2D eigenvalue weighted by atomic mass is 16.5. The maximum absolute atomic E-state index is 12.5. The van der Waals surface area contributed by atoms with Gasteiger partial charge in [0.25, 0.3) is 5.91 Å². The Balaban J connectivity index is 1.50. The van der Waals surface area contributed by atoms with Gasteiger partial charge in [-0.3, -0.25) is 9.78 Å². The minimum Gasteiger partial charge on any atom is -0.452 e. The van der Waals surface area contributed by atoms with Crippen LogP contribution in [0.3, 0.4) is 0 Å². The third-order valence-electron chi connectivity index (χ3n) is 3.97. The largest absolute Gasteiger partial charge is 0.452 e. The third kappa shape index (κ3) is 3.73. The first-order chi connectivity index (χ1) is 13.7. The molecule has 7 nitrogen and oxygen atoms in total. The number of nitrogens with zero attached hydrogens (tertiary/aromatic N) is 2. The Hall–Kier alpha value is -4.00. The second kappa shape index (κ2) is 7.71. The van der Waals surface area contributed by atoms with Gasteiger partial charge in [0.1, 0.15) is 5.52 Å². The lowest BCUT2D eigenvalue weighted by Gasteiger charge is -2.08. The van der Waals surface area contributed by atoms with Crippen LogP contribution >= 0.6 is 0 Å². The van der Waals surface area contributed by atoms with Crippen molar-refractivity contribution in [2.75, 3.05) is 11.9 Å². The predicted molar refractivity (Wildman–Crippen MR) is 103 cm³/mol. The third-order valence-corrected chi connectivity index (χ3v) is 3.97. The van der Waals surface area contributed by atoms with E-state index in [1.165, 1.54) is 0 Å². The number of aromatic nitrogens is 2. The van der Waals surface area contributed by atoms with E-state index in [1.54, 1.807) is 54.9 Å². The standard InChI is InChI=1S/C21H15N3O4/c25-19(23-14-9-11-22-12-10-14)13-27-21(26)16-6-2-1-5-15(16)20-24-17-7-3-4-8-18(17)28-20/h1-12H,13H2,(H,22,23,25). The summed E-state index contributed by atoms with van der Waals surface area (Å²) >= 11 is 0. The van der Waals surface area contributed by atoms with Gasteiger partial charge < -0.3 is 14.5 Å². The van der Waals surface area contributed by atoms with Gasteiger partial charge in [-0.2, -0.15) is 0 Å². The normalized spacial score (nSPS) is 10.6. The molecule has 0 saturated heterocycles. The molecule has 0 bridgehead atoms. The summed E-state index contributed by atoms with van der Waals surface area (Å²) in [7, 11) is 0. The fourth-order valence-electron chi connectivity index (χ4n) is 2.68. The molecule has 0 unspecified atom stereocenters. The number of rotatable bonds is 5. The molecule has 1 amide bonds. The molecule has 1 N–H and O–H groups in total. The average Bonchev–Trinajstić information content (AvgIpc) is 3.17. The molecule has 2 aromatic heterocycles. The number of pyridine rings is 1. The zero-order valence-electron chi connectivity index (χ0n) is 14.7. The van der Waals surface area contributed by atoms with Crippen molar-refractivity contribution >= 4 is 28.7 Å². The van der Waals surface area contributed by atoms with E-state index in [1.807, 2.05) is 18.2 Å². The monoisotopic (exact) mass is 373 g/mol. The Morgan fingerprint density at radius 2 is 1.71 bits per heavy atom. The number of hydrogen-bond acceptors (Lipinski definition) is 6. The molecule has 0 aliphatic heterocycles. The molecule has 0 radical (unpaired) electrons. The van der Waals surface area contributed by atoms with Gasteiger partial charge in [-0.05, 0) is 36.4 Å². The Morgan fingerprint density at radius 1 is 0.964 bits per heavy atom. The first kappa shape index (κ1) is 17.4. The van der Waals surface area contributed by atoms with E-state index >= 15 is 0 Å². The van der Waals surface area contributed by atoms with Gasteiger partial charge in [-0.25, -0.2) is 9.78 Å². The van der Waals surface area contributed by atoms with E-state index in [2.05, 4.69) is 15.3 Å². The topological polar surface area (TPSA) is 94.3 Å². The number of carbonyl (C=O) groups excluding carboxylic acids is 2.